The zero-order valence-corrected chi connectivity index (χ0v) is 20.9. The van der Waals surface area contributed by atoms with Gasteiger partial charge in [0.1, 0.15) is 0 Å². The average Bonchev–Trinajstić information content (AvgIpc) is 3.32. The topological polar surface area (TPSA) is 30.9 Å². The molecule has 7 aromatic rings. The maximum atomic E-state index is 6.02. The molecule has 2 heteroatoms. The lowest BCUT2D eigenvalue weighted by Crippen LogP contribution is -1.96. The van der Waals surface area contributed by atoms with Gasteiger partial charge in [0.25, 0.3) is 0 Å². The molecule has 7 rings (SSSR count). The Morgan fingerprint density at radius 1 is 0.395 bits per heavy atom. The molecule has 0 saturated carbocycles. The van der Waals surface area contributed by atoms with Gasteiger partial charge in [-0.2, -0.15) is 0 Å². The van der Waals surface area contributed by atoms with Gasteiger partial charge in [-0.15, -0.1) is 0 Å². The van der Waals surface area contributed by atoms with Gasteiger partial charge in [-0.3, -0.25) is 0 Å². The van der Waals surface area contributed by atoms with E-state index in [0.717, 1.165) is 16.9 Å². The fraction of sp³-hybridized carbons (Fsp3) is 0. The second-order valence-electron chi connectivity index (χ2n) is 9.66. The molecule has 1 aromatic heterocycles. The molecule has 0 spiro atoms. The van der Waals surface area contributed by atoms with Gasteiger partial charge in [-0.05, 0) is 69.8 Å². The van der Waals surface area contributed by atoms with Crippen molar-refractivity contribution in [2.45, 2.75) is 0 Å². The van der Waals surface area contributed by atoms with Gasteiger partial charge < -0.3 is 10.3 Å². The SMILES string of the molecule is Nc1ccc(-c2ccc(-n3c4ccccc4c4ccccc43)cc2-c2ccc(-c3ccccc3)cc2)cc1. The number of anilines is 1. The number of hydrogen-bond acceptors (Lipinski definition) is 1. The second-order valence-corrected chi connectivity index (χ2v) is 9.66. The zero-order valence-electron chi connectivity index (χ0n) is 20.9. The Bertz CT molecular complexity index is 1840. The van der Waals surface area contributed by atoms with E-state index in [1.54, 1.807) is 0 Å². The minimum atomic E-state index is 0.768. The van der Waals surface area contributed by atoms with Gasteiger partial charge in [-0.25, -0.2) is 0 Å². The number of nitrogens with two attached hydrogens (primary N) is 1. The van der Waals surface area contributed by atoms with E-state index >= 15 is 0 Å². The Balaban J connectivity index is 1.45. The average molecular weight is 487 g/mol. The molecule has 2 nitrogen and oxygen atoms in total. The first-order chi connectivity index (χ1) is 18.8. The molecular formula is C36H26N2. The smallest absolute Gasteiger partial charge is 0.0541 e. The molecule has 180 valence electrons. The van der Waals surface area contributed by atoms with Crippen LogP contribution < -0.4 is 5.73 Å². The molecule has 38 heavy (non-hydrogen) atoms. The third-order valence-electron chi connectivity index (χ3n) is 7.37. The molecule has 0 aliphatic heterocycles. The van der Waals surface area contributed by atoms with Crippen molar-refractivity contribution in [1.82, 2.24) is 4.57 Å². The summed E-state index contributed by atoms with van der Waals surface area (Å²) in [7, 11) is 0. The summed E-state index contributed by atoms with van der Waals surface area (Å²) >= 11 is 0. The van der Waals surface area contributed by atoms with Gasteiger partial charge >= 0.3 is 0 Å². The number of rotatable bonds is 4. The number of aromatic nitrogens is 1. The second kappa shape index (κ2) is 9.10. The predicted molar refractivity (Wildman–Crippen MR) is 162 cm³/mol. The van der Waals surface area contributed by atoms with Crippen LogP contribution in [0.1, 0.15) is 0 Å². The van der Waals surface area contributed by atoms with Crippen LogP contribution in [0.3, 0.4) is 0 Å². The Morgan fingerprint density at radius 2 is 0.895 bits per heavy atom. The summed E-state index contributed by atoms with van der Waals surface area (Å²) in [4.78, 5) is 0. The summed E-state index contributed by atoms with van der Waals surface area (Å²) in [6, 6.07) is 51.6. The first-order valence-electron chi connectivity index (χ1n) is 12.9. The largest absolute Gasteiger partial charge is 0.399 e. The predicted octanol–water partition coefficient (Wildman–Crippen LogP) is 9.37. The highest BCUT2D eigenvalue weighted by Gasteiger charge is 2.15. The highest BCUT2D eigenvalue weighted by Crippen LogP contribution is 2.38. The Labute approximate surface area is 222 Å². The van der Waals surface area contributed by atoms with Crippen molar-refractivity contribution < 1.29 is 0 Å². The quantitative estimate of drug-likeness (QED) is 0.247. The third-order valence-corrected chi connectivity index (χ3v) is 7.37. The van der Waals surface area contributed by atoms with Crippen molar-refractivity contribution in [3.05, 3.63) is 146 Å². The fourth-order valence-electron chi connectivity index (χ4n) is 5.50. The minimum absolute atomic E-state index is 0.768. The molecule has 0 unspecified atom stereocenters. The molecule has 0 radical (unpaired) electrons. The summed E-state index contributed by atoms with van der Waals surface area (Å²) in [6.07, 6.45) is 0. The first kappa shape index (κ1) is 22.1. The molecule has 2 N–H and O–H groups in total. The fourth-order valence-corrected chi connectivity index (χ4v) is 5.50. The monoisotopic (exact) mass is 486 g/mol. The van der Waals surface area contributed by atoms with Crippen LogP contribution in [-0.4, -0.2) is 4.57 Å². The van der Waals surface area contributed by atoms with Gasteiger partial charge in [-0.1, -0.05) is 109 Å². The van der Waals surface area contributed by atoms with Gasteiger partial charge in [0.05, 0.1) is 11.0 Å². The van der Waals surface area contributed by atoms with E-state index in [-0.39, 0.29) is 0 Å². The van der Waals surface area contributed by atoms with Crippen LogP contribution in [0.2, 0.25) is 0 Å². The van der Waals surface area contributed by atoms with E-state index in [2.05, 4.69) is 138 Å². The minimum Gasteiger partial charge on any atom is -0.399 e. The standard InChI is InChI=1S/C36H26N2/c37-29-20-18-27(19-21-29)31-23-22-30(38-35-12-6-4-10-32(35)33-11-5-7-13-36(33)38)24-34(31)28-16-14-26(15-17-28)25-8-2-1-3-9-25/h1-24H,37H2. The van der Waals surface area contributed by atoms with Gasteiger partial charge in [0.2, 0.25) is 0 Å². The number of fused-ring (bicyclic) bond motifs is 3. The molecule has 6 aromatic carbocycles. The Hall–Kier alpha value is -5.08. The molecule has 0 bridgehead atoms. The summed E-state index contributed by atoms with van der Waals surface area (Å²) in [5.74, 6) is 0. The molecular weight excluding hydrogens is 460 g/mol. The van der Waals surface area contributed by atoms with E-state index in [1.807, 2.05) is 12.1 Å². The van der Waals surface area contributed by atoms with Crippen molar-refractivity contribution in [3.63, 3.8) is 0 Å². The van der Waals surface area contributed by atoms with E-state index in [9.17, 15) is 0 Å². The number of nitrogens with zero attached hydrogens (tertiary/aromatic N) is 1. The van der Waals surface area contributed by atoms with Crippen molar-refractivity contribution in [1.29, 1.82) is 0 Å². The molecule has 1 heterocycles. The lowest BCUT2D eigenvalue weighted by atomic mass is 9.92. The number of benzene rings is 6. The zero-order chi connectivity index (χ0) is 25.5. The first-order valence-corrected chi connectivity index (χ1v) is 12.9. The number of nitrogen functional groups attached to an aromatic ring is 1. The molecule has 0 amide bonds. The van der Waals surface area contributed by atoms with Crippen LogP contribution in [0.4, 0.5) is 5.69 Å². The molecule has 0 aliphatic rings. The number of hydrogen-bond donors (Lipinski definition) is 1. The van der Waals surface area contributed by atoms with Crippen LogP contribution >= 0.6 is 0 Å². The van der Waals surface area contributed by atoms with Crippen LogP contribution in [0.5, 0.6) is 0 Å². The molecule has 0 fully saturated rings. The maximum Gasteiger partial charge on any atom is 0.0541 e. The van der Waals surface area contributed by atoms with Crippen molar-refractivity contribution in [3.8, 4) is 39.1 Å². The maximum absolute atomic E-state index is 6.02. The molecule has 0 aliphatic carbocycles. The Kier molecular flexibility index (Phi) is 5.30. The third kappa shape index (κ3) is 3.75. The summed E-state index contributed by atoms with van der Waals surface area (Å²) in [5.41, 5.74) is 17.5. The van der Waals surface area contributed by atoms with Crippen LogP contribution in [0.15, 0.2) is 146 Å². The highest BCUT2D eigenvalue weighted by molar-refractivity contribution is 6.09. The van der Waals surface area contributed by atoms with Crippen LogP contribution in [0, 0.1) is 0 Å². The summed E-state index contributed by atoms with van der Waals surface area (Å²) < 4.78 is 2.37. The highest BCUT2D eigenvalue weighted by atomic mass is 15.0. The van der Waals surface area contributed by atoms with E-state index < -0.39 is 0 Å². The van der Waals surface area contributed by atoms with Crippen molar-refractivity contribution in [2.24, 2.45) is 0 Å². The van der Waals surface area contributed by atoms with Gasteiger partial charge in [0.15, 0.2) is 0 Å². The van der Waals surface area contributed by atoms with E-state index in [4.69, 9.17) is 5.73 Å². The van der Waals surface area contributed by atoms with Crippen LogP contribution in [-0.2, 0) is 0 Å². The normalized spacial score (nSPS) is 11.3. The van der Waals surface area contributed by atoms with E-state index in [1.165, 1.54) is 49.6 Å². The van der Waals surface area contributed by atoms with Crippen LogP contribution in [0.25, 0.3) is 60.9 Å². The van der Waals surface area contributed by atoms with E-state index in [0.29, 0.717) is 0 Å². The Morgan fingerprint density at radius 3 is 1.55 bits per heavy atom. The number of para-hydroxylation sites is 2. The van der Waals surface area contributed by atoms with Crippen molar-refractivity contribution in [2.75, 3.05) is 5.73 Å². The van der Waals surface area contributed by atoms with Gasteiger partial charge in [0, 0.05) is 22.1 Å². The summed E-state index contributed by atoms with van der Waals surface area (Å²) in [6.45, 7) is 0. The lowest BCUT2D eigenvalue weighted by Gasteiger charge is -2.16. The lowest BCUT2D eigenvalue weighted by molar-refractivity contribution is 1.18. The molecule has 0 atom stereocenters. The van der Waals surface area contributed by atoms with Crippen molar-refractivity contribution >= 4 is 27.5 Å². The summed E-state index contributed by atoms with van der Waals surface area (Å²) in [5, 5.41) is 2.53. The molecule has 0 saturated heterocycles.